The lowest BCUT2D eigenvalue weighted by molar-refractivity contribution is 0.202. The second kappa shape index (κ2) is 6.89. The van der Waals surface area contributed by atoms with Crippen molar-refractivity contribution in [1.82, 2.24) is 0 Å². The zero-order valence-corrected chi connectivity index (χ0v) is 11.6. The van der Waals surface area contributed by atoms with Gasteiger partial charge in [-0.1, -0.05) is 12.1 Å². The second-order valence-corrected chi connectivity index (χ2v) is 5.21. The average molecular weight is 264 g/mol. The van der Waals surface area contributed by atoms with Crippen LogP contribution in [-0.4, -0.2) is 26.9 Å². The quantitative estimate of drug-likeness (QED) is 0.748. The van der Waals surface area contributed by atoms with Crippen molar-refractivity contribution < 1.29 is 9.47 Å². The molecule has 4 N–H and O–H groups in total. The molecule has 0 heterocycles. The third kappa shape index (κ3) is 4.20. The van der Waals surface area contributed by atoms with Crippen molar-refractivity contribution in [3.05, 3.63) is 29.3 Å². The monoisotopic (exact) mass is 264 g/mol. The van der Waals surface area contributed by atoms with Gasteiger partial charge in [0.25, 0.3) is 0 Å². The minimum atomic E-state index is -0.170. The van der Waals surface area contributed by atoms with Crippen LogP contribution < -0.4 is 16.2 Å². The SMILES string of the molecule is COCCc1ccc(OCC2CC2)c(C(N)CN)c1. The van der Waals surface area contributed by atoms with E-state index in [4.69, 9.17) is 20.9 Å². The van der Waals surface area contributed by atoms with Crippen LogP contribution in [0, 0.1) is 5.92 Å². The van der Waals surface area contributed by atoms with Gasteiger partial charge in [-0.15, -0.1) is 0 Å². The Balaban J connectivity index is 2.09. The van der Waals surface area contributed by atoms with E-state index in [9.17, 15) is 0 Å². The van der Waals surface area contributed by atoms with E-state index < -0.39 is 0 Å². The van der Waals surface area contributed by atoms with E-state index in [2.05, 4.69) is 12.1 Å². The summed E-state index contributed by atoms with van der Waals surface area (Å²) in [5.41, 5.74) is 14.0. The molecule has 0 saturated heterocycles. The summed E-state index contributed by atoms with van der Waals surface area (Å²) in [6.45, 7) is 1.93. The maximum absolute atomic E-state index is 6.08. The molecular weight excluding hydrogens is 240 g/mol. The van der Waals surface area contributed by atoms with Crippen molar-refractivity contribution in [2.75, 3.05) is 26.9 Å². The molecule has 1 fully saturated rings. The number of hydrogen-bond acceptors (Lipinski definition) is 4. The van der Waals surface area contributed by atoms with Gasteiger partial charge in [-0.25, -0.2) is 0 Å². The van der Waals surface area contributed by atoms with Gasteiger partial charge in [0.05, 0.1) is 13.2 Å². The number of rotatable bonds is 8. The number of nitrogens with two attached hydrogens (primary N) is 2. The smallest absolute Gasteiger partial charge is 0.124 e. The lowest BCUT2D eigenvalue weighted by Crippen LogP contribution is -2.22. The molecule has 4 heteroatoms. The van der Waals surface area contributed by atoms with E-state index in [0.29, 0.717) is 13.2 Å². The Morgan fingerprint density at radius 2 is 2.16 bits per heavy atom. The summed E-state index contributed by atoms with van der Waals surface area (Å²) < 4.78 is 11.0. The molecular formula is C15H24N2O2. The molecule has 19 heavy (non-hydrogen) atoms. The van der Waals surface area contributed by atoms with Crippen molar-refractivity contribution in [3.8, 4) is 5.75 Å². The zero-order valence-electron chi connectivity index (χ0n) is 11.6. The highest BCUT2D eigenvalue weighted by atomic mass is 16.5. The van der Waals surface area contributed by atoms with Crippen LogP contribution in [0.4, 0.5) is 0 Å². The highest BCUT2D eigenvalue weighted by Crippen LogP contribution is 2.31. The van der Waals surface area contributed by atoms with Gasteiger partial charge >= 0.3 is 0 Å². The maximum atomic E-state index is 6.08. The molecule has 0 aliphatic heterocycles. The van der Waals surface area contributed by atoms with E-state index in [-0.39, 0.29) is 6.04 Å². The fraction of sp³-hybridized carbons (Fsp3) is 0.600. The van der Waals surface area contributed by atoms with E-state index in [1.165, 1.54) is 18.4 Å². The van der Waals surface area contributed by atoms with Gasteiger partial charge < -0.3 is 20.9 Å². The van der Waals surface area contributed by atoms with Crippen LogP contribution in [0.1, 0.15) is 30.0 Å². The molecule has 1 aromatic rings. The van der Waals surface area contributed by atoms with Crippen LogP contribution in [0.5, 0.6) is 5.75 Å². The molecule has 0 aromatic heterocycles. The van der Waals surface area contributed by atoms with Crippen LogP contribution in [0.15, 0.2) is 18.2 Å². The highest BCUT2D eigenvalue weighted by molar-refractivity contribution is 5.39. The first-order valence-corrected chi connectivity index (χ1v) is 6.94. The predicted molar refractivity (Wildman–Crippen MR) is 76.2 cm³/mol. The number of methoxy groups -OCH3 is 1. The first-order valence-electron chi connectivity index (χ1n) is 6.94. The van der Waals surface area contributed by atoms with E-state index in [1.54, 1.807) is 7.11 Å². The number of ether oxygens (including phenoxy) is 2. The molecule has 0 bridgehead atoms. The first kappa shape index (κ1) is 14.3. The van der Waals surface area contributed by atoms with Gasteiger partial charge in [-0.2, -0.15) is 0 Å². The summed E-state index contributed by atoms with van der Waals surface area (Å²) in [7, 11) is 1.71. The summed E-state index contributed by atoms with van der Waals surface area (Å²) in [6, 6.07) is 6.02. The van der Waals surface area contributed by atoms with E-state index in [1.807, 2.05) is 6.07 Å². The Bertz CT molecular complexity index is 405. The largest absolute Gasteiger partial charge is 0.493 e. The molecule has 1 aliphatic carbocycles. The Kier molecular flexibility index (Phi) is 5.19. The summed E-state index contributed by atoms with van der Waals surface area (Å²) in [4.78, 5) is 0. The van der Waals surface area contributed by atoms with Gasteiger partial charge in [-0.3, -0.25) is 0 Å². The Labute approximate surface area is 115 Å². The van der Waals surface area contributed by atoms with Crippen LogP contribution in [0.2, 0.25) is 0 Å². The van der Waals surface area contributed by atoms with Crippen molar-refractivity contribution in [1.29, 1.82) is 0 Å². The molecule has 4 nitrogen and oxygen atoms in total. The summed E-state index contributed by atoms with van der Waals surface area (Å²) in [5.74, 6) is 1.61. The molecule has 1 saturated carbocycles. The van der Waals surface area contributed by atoms with Crippen molar-refractivity contribution >= 4 is 0 Å². The molecule has 0 spiro atoms. The maximum Gasteiger partial charge on any atom is 0.124 e. The zero-order chi connectivity index (χ0) is 13.7. The molecule has 0 radical (unpaired) electrons. The minimum absolute atomic E-state index is 0.170. The number of hydrogen-bond donors (Lipinski definition) is 2. The van der Waals surface area contributed by atoms with Gasteiger partial charge in [0.2, 0.25) is 0 Å². The standard InChI is InChI=1S/C15H24N2O2/c1-18-7-6-11-4-5-15(19-10-12-2-3-12)13(8-11)14(17)9-16/h4-5,8,12,14H,2-3,6-7,9-10,16-17H2,1H3. The van der Waals surface area contributed by atoms with Gasteiger partial charge in [-0.05, 0) is 36.8 Å². The molecule has 0 amide bonds. The summed E-state index contributed by atoms with van der Waals surface area (Å²) in [6.07, 6.45) is 3.44. The van der Waals surface area contributed by atoms with Crippen LogP contribution in [-0.2, 0) is 11.2 Å². The second-order valence-electron chi connectivity index (χ2n) is 5.21. The van der Waals surface area contributed by atoms with Gasteiger partial charge in [0.15, 0.2) is 0 Å². The third-order valence-electron chi connectivity index (χ3n) is 3.49. The van der Waals surface area contributed by atoms with E-state index >= 15 is 0 Å². The fourth-order valence-corrected chi connectivity index (χ4v) is 2.01. The summed E-state index contributed by atoms with van der Waals surface area (Å²) in [5, 5.41) is 0. The molecule has 106 valence electrons. The van der Waals surface area contributed by atoms with Crippen molar-refractivity contribution in [2.24, 2.45) is 17.4 Å². The van der Waals surface area contributed by atoms with Crippen LogP contribution in [0.25, 0.3) is 0 Å². The molecule has 2 rings (SSSR count). The Hall–Kier alpha value is -1.10. The lowest BCUT2D eigenvalue weighted by Gasteiger charge is -2.17. The molecule has 1 atom stereocenters. The van der Waals surface area contributed by atoms with Crippen LogP contribution >= 0.6 is 0 Å². The predicted octanol–water partition coefficient (Wildman–Crippen LogP) is 1.62. The van der Waals surface area contributed by atoms with Crippen molar-refractivity contribution in [2.45, 2.75) is 25.3 Å². The van der Waals surface area contributed by atoms with E-state index in [0.717, 1.165) is 30.3 Å². The Morgan fingerprint density at radius 1 is 1.37 bits per heavy atom. The van der Waals surface area contributed by atoms with Gasteiger partial charge in [0.1, 0.15) is 5.75 Å². The first-order chi connectivity index (χ1) is 9.24. The lowest BCUT2D eigenvalue weighted by atomic mass is 10.0. The topological polar surface area (TPSA) is 70.5 Å². The highest BCUT2D eigenvalue weighted by Gasteiger charge is 2.23. The third-order valence-corrected chi connectivity index (χ3v) is 3.49. The molecule has 1 unspecified atom stereocenters. The molecule has 1 aromatic carbocycles. The fourth-order valence-electron chi connectivity index (χ4n) is 2.01. The summed E-state index contributed by atoms with van der Waals surface area (Å²) >= 11 is 0. The van der Waals surface area contributed by atoms with Gasteiger partial charge in [0, 0.05) is 25.3 Å². The number of benzene rings is 1. The molecule has 1 aliphatic rings. The average Bonchev–Trinajstić information content (AvgIpc) is 3.26. The normalized spacial score (nSPS) is 16.4. The van der Waals surface area contributed by atoms with Crippen molar-refractivity contribution in [3.63, 3.8) is 0 Å². The van der Waals surface area contributed by atoms with Crippen LogP contribution in [0.3, 0.4) is 0 Å². The Morgan fingerprint density at radius 3 is 2.79 bits per heavy atom. The minimum Gasteiger partial charge on any atom is -0.493 e.